The number of benzene rings is 1. The molecule has 0 radical (unpaired) electrons. The van der Waals surface area contributed by atoms with Crippen molar-refractivity contribution in [2.24, 2.45) is 0 Å². The first-order valence-corrected chi connectivity index (χ1v) is 14.8. The molecule has 5 rings (SSSR count). The number of aryl methyl sites for hydroxylation is 2. The minimum atomic E-state index is -0.218. The van der Waals surface area contributed by atoms with Crippen LogP contribution in [0.2, 0.25) is 0 Å². The number of nitrogens with one attached hydrogen (secondary N) is 4. The van der Waals surface area contributed by atoms with Crippen LogP contribution in [-0.2, 0) is 17.6 Å². The summed E-state index contributed by atoms with van der Waals surface area (Å²) in [4.78, 5) is 19.7. The molecule has 2 amide bonds. The van der Waals surface area contributed by atoms with E-state index in [4.69, 9.17) is 9.72 Å². The summed E-state index contributed by atoms with van der Waals surface area (Å²) in [6.45, 7) is 10.2. The first-order chi connectivity index (χ1) is 19.7. The van der Waals surface area contributed by atoms with Crippen molar-refractivity contribution < 1.29 is 9.53 Å². The third-order valence-electron chi connectivity index (χ3n) is 7.78. The molecule has 3 aliphatic rings. The number of hydrogen-bond acceptors (Lipinski definition) is 7. The standard InChI is InChI=1S/C31H43N7O2/c1-2-24-8-3-4-9-25(24)10-5-6-13-32-31(39)36-30-12-11-28-29(35-30)20-26(21-33-28)27-22-34-38(23-27)15-7-14-37-16-18-40-19-17-37/h3-4,8-9,11-12,20,23,33-34H,2,5-7,10,13-19,21-22H2,1H3,(H2,32,35,36,39). The van der Waals surface area contributed by atoms with Gasteiger partial charge < -0.3 is 20.4 Å². The molecule has 3 aliphatic heterocycles. The van der Waals surface area contributed by atoms with Crippen LogP contribution in [0.1, 0.15) is 43.0 Å². The average Bonchev–Trinajstić information content (AvgIpc) is 3.46. The second kappa shape index (κ2) is 14.3. The predicted octanol–water partition coefficient (Wildman–Crippen LogP) is 4.02. The fourth-order valence-corrected chi connectivity index (χ4v) is 5.46. The van der Waals surface area contributed by atoms with Gasteiger partial charge in [-0.25, -0.2) is 15.2 Å². The van der Waals surface area contributed by atoms with Crippen LogP contribution >= 0.6 is 0 Å². The molecule has 1 aromatic carbocycles. The molecule has 9 nitrogen and oxygen atoms in total. The summed E-state index contributed by atoms with van der Waals surface area (Å²) in [6, 6.07) is 12.2. The van der Waals surface area contributed by atoms with Crippen molar-refractivity contribution in [1.29, 1.82) is 0 Å². The van der Waals surface area contributed by atoms with Crippen LogP contribution in [0.4, 0.5) is 16.3 Å². The maximum atomic E-state index is 12.5. The Labute approximate surface area is 238 Å². The van der Waals surface area contributed by atoms with Gasteiger partial charge in [-0.15, -0.1) is 0 Å². The summed E-state index contributed by atoms with van der Waals surface area (Å²) in [5, 5.41) is 11.5. The highest BCUT2D eigenvalue weighted by Gasteiger charge is 2.20. The number of urea groups is 1. The number of amides is 2. The molecule has 0 saturated carbocycles. The number of morpholine rings is 1. The molecule has 40 heavy (non-hydrogen) atoms. The molecule has 1 saturated heterocycles. The Morgan fingerprint density at radius 3 is 2.70 bits per heavy atom. The van der Waals surface area contributed by atoms with Crippen molar-refractivity contribution in [1.82, 2.24) is 25.6 Å². The summed E-state index contributed by atoms with van der Waals surface area (Å²) in [6.07, 6.45) is 9.54. The van der Waals surface area contributed by atoms with Gasteiger partial charge in [0, 0.05) is 52.0 Å². The zero-order chi connectivity index (χ0) is 27.6. The van der Waals surface area contributed by atoms with E-state index in [9.17, 15) is 4.79 Å². The first kappa shape index (κ1) is 28.1. The lowest BCUT2D eigenvalue weighted by Crippen LogP contribution is -2.38. The lowest BCUT2D eigenvalue weighted by atomic mass is 10.0. The van der Waals surface area contributed by atoms with Gasteiger partial charge in [-0.2, -0.15) is 0 Å². The minimum Gasteiger partial charge on any atom is -0.379 e. The van der Waals surface area contributed by atoms with Crippen molar-refractivity contribution in [3.63, 3.8) is 0 Å². The second-order valence-electron chi connectivity index (χ2n) is 10.6. The summed E-state index contributed by atoms with van der Waals surface area (Å²) >= 11 is 0. The van der Waals surface area contributed by atoms with Crippen molar-refractivity contribution >= 4 is 23.6 Å². The maximum absolute atomic E-state index is 12.5. The van der Waals surface area contributed by atoms with E-state index in [1.165, 1.54) is 22.3 Å². The first-order valence-electron chi connectivity index (χ1n) is 14.8. The van der Waals surface area contributed by atoms with Gasteiger partial charge in [0.15, 0.2) is 0 Å². The molecule has 9 heteroatoms. The molecular weight excluding hydrogens is 502 g/mol. The van der Waals surface area contributed by atoms with E-state index in [0.717, 1.165) is 96.0 Å². The lowest BCUT2D eigenvalue weighted by Gasteiger charge is -2.27. The SMILES string of the molecule is CCc1ccccc1CCCCNC(=O)Nc1ccc2c(n1)C=C(C1=CN(CCCN3CCOCC3)NC1)CN2. The number of carbonyl (C=O) groups is 1. The van der Waals surface area contributed by atoms with Crippen LogP contribution < -0.4 is 21.4 Å². The van der Waals surface area contributed by atoms with Gasteiger partial charge in [-0.1, -0.05) is 31.2 Å². The average molecular weight is 546 g/mol. The fraction of sp³-hybridized carbons (Fsp3) is 0.484. The number of hydrazine groups is 1. The Kier molecular flexibility index (Phi) is 10.1. The number of unbranched alkanes of at least 4 members (excludes halogenated alkanes) is 1. The van der Waals surface area contributed by atoms with Crippen LogP contribution in [0.3, 0.4) is 0 Å². The Hall–Kier alpha value is -3.40. The molecule has 0 bridgehead atoms. The van der Waals surface area contributed by atoms with Crippen molar-refractivity contribution in [2.75, 3.05) is 69.7 Å². The van der Waals surface area contributed by atoms with Crippen molar-refractivity contribution in [3.05, 3.63) is 70.6 Å². The lowest BCUT2D eigenvalue weighted by molar-refractivity contribution is 0.0363. The van der Waals surface area contributed by atoms with Crippen LogP contribution in [0.5, 0.6) is 0 Å². The Balaban J connectivity index is 1.07. The number of aromatic nitrogens is 1. The molecule has 4 N–H and O–H groups in total. The summed E-state index contributed by atoms with van der Waals surface area (Å²) in [7, 11) is 0. The number of pyridine rings is 1. The van der Waals surface area contributed by atoms with Gasteiger partial charge in [-0.3, -0.25) is 10.2 Å². The highest BCUT2D eigenvalue weighted by atomic mass is 16.5. The van der Waals surface area contributed by atoms with Gasteiger partial charge in [0.25, 0.3) is 0 Å². The van der Waals surface area contributed by atoms with Crippen molar-refractivity contribution in [3.8, 4) is 0 Å². The van der Waals surface area contributed by atoms with Crippen LogP contribution in [0, 0.1) is 0 Å². The largest absolute Gasteiger partial charge is 0.379 e. The number of hydrogen-bond donors (Lipinski definition) is 4. The Bertz CT molecular complexity index is 1210. The summed E-state index contributed by atoms with van der Waals surface area (Å²) in [5.41, 5.74) is 10.6. The number of ether oxygens (including phenoxy) is 1. The van der Waals surface area contributed by atoms with Crippen molar-refractivity contribution in [2.45, 2.75) is 39.0 Å². The van der Waals surface area contributed by atoms with Crippen LogP contribution in [0.15, 0.2) is 53.7 Å². The molecule has 0 spiro atoms. The van der Waals surface area contributed by atoms with Crippen LogP contribution in [-0.4, -0.2) is 80.0 Å². The summed E-state index contributed by atoms with van der Waals surface area (Å²) in [5.74, 6) is 0.552. The second-order valence-corrected chi connectivity index (χ2v) is 10.6. The Morgan fingerprint density at radius 2 is 1.85 bits per heavy atom. The highest BCUT2D eigenvalue weighted by Crippen LogP contribution is 2.28. The van der Waals surface area contributed by atoms with Crippen LogP contribution in [0.25, 0.3) is 6.08 Å². The third-order valence-corrected chi connectivity index (χ3v) is 7.78. The van der Waals surface area contributed by atoms with E-state index >= 15 is 0 Å². The molecule has 0 atom stereocenters. The monoisotopic (exact) mass is 545 g/mol. The van der Waals surface area contributed by atoms with Gasteiger partial charge in [0.05, 0.1) is 24.6 Å². The van der Waals surface area contributed by atoms with E-state index < -0.39 is 0 Å². The molecular formula is C31H43N7O2. The van der Waals surface area contributed by atoms with Gasteiger partial charge in [-0.05, 0) is 72.6 Å². The van der Waals surface area contributed by atoms with E-state index in [1.807, 2.05) is 12.1 Å². The summed E-state index contributed by atoms with van der Waals surface area (Å²) < 4.78 is 5.44. The minimum absolute atomic E-state index is 0.218. The number of nitrogens with zero attached hydrogens (tertiary/aromatic N) is 3. The fourth-order valence-electron chi connectivity index (χ4n) is 5.46. The highest BCUT2D eigenvalue weighted by molar-refractivity contribution is 5.89. The molecule has 0 aliphatic carbocycles. The molecule has 4 heterocycles. The third kappa shape index (κ3) is 7.84. The molecule has 1 fully saturated rings. The smallest absolute Gasteiger partial charge is 0.320 e. The molecule has 2 aromatic rings. The van der Waals surface area contributed by atoms with Gasteiger partial charge in [0.1, 0.15) is 5.82 Å². The number of carbonyl (C=O) groups excluding carboxylic acids is 1. The van der Waals surface area contributed by atoms with Gasteiger partial charge >= 0.3 is 6.03 Å². The zero-order valence-electron chi connectivity index (χ0n) is 23.7. The van der Waals surface area contributed by atoms with E-state index in [-0.39, 0.29) is 6.03 Å². The topological polar surface area (TPSA) is 93.8 Å². The number of rotatable bonds is 12. The van der Waals surface area contributed by atoms with E-state index in [0.29, 0.717) is 12.4 Å². The van der Waals surface area contributed by atoms with E-state index in [1.54, 1.807) is 0 Å². The zero-order valence-corrected chi connectivity index (χ0v) is 23.7. The molecule has 1 aromatic heterocycles. The number of fused-ring (bicyclic) bond motifs is 1. The normalized spacial score (nSPS) is 17.1. The maximum Gasteiger partial charge on any atom is 0.320 e. The predicted molar refractivity (Wildman–Crippen MR) is 161 cm³/mol. The van der Waals surface area contributed by atoms with Gasteiger partial charge in [0.2, 0.25) is 0 Å². The Morgan fingerprint density at radius 1 is 1.00 bits per heavy atom. The molecule has 0 unspecified atom stereocenters. The molecule has 214 valence electrons. The van der Waals surface area contributed by atoms with E-state index in [2.05, 4.69) is 74.8 Å². The number of anilines is 2. The quantitative estimate of drug-likeness (QED) is 0.299.